The molecule has 0 unspecified atom stereocenters. The summed E-state index contributed by atoms with van der Waals surface area (Å²) in [5.41, 5.74) is 8.91. The average Bonchev–Trinajstić information content (AvgIpc) is 2.82. The van der Waals surface area contributed by atoms with E-state index in [4.69, 9.17) is 10.5 Å². The van der Waals surface area contributed by atoms with Crippen LogP contribution in [0.4, 0.5) is 5.69 Å². The highest BCUT2D eigenvalue weighted by molar-refractivity contribution is 7.21. The topological polar surface area (TPSA) is 82.3 Å². The maximum absolute atomic E-state index is 12.5. The Labute approximate surface area is 132 Å². The molecular weight excluding hydrogens is 300 g/mol. The monoisotopic (exact) mass is 318 g/mol. The number of pyridine rings is 1. The molecule has 116 valence electrons. The van der Waals surface area contributed by atoms with Crippen molar-refractivity contribution in [2.75, 3.05) is 12.3 Å². The maximum Gasteiger partial charge on any atom is 0.339 e. The summed E-state index contributed by atoms with van der Waals surface area (Å²) >= 11 is 1.26. The minimum atomic E-state index is -0.368. The quantitative estimate of drug-likeness (QED) is 0.694. The zero-order valence-electron chi connectivity index (χ0n) is 12.7. The standard InChI is InChI=1S/C16H18N2O3S/c1-3-21-16(20)11-9-6-4-5-7-10(9)18-15-12(11)13(17)14(22-15)8(2)19/h3-7,17H2,1-2H3. The van der Waals surface area contributed by atoms with Gasteiger partial charge >= 0.3 is 5.97 Å². The van der Waals surface area contributed by atoms with E-state index in [9.17, 15) is 9.59 Å². The molecule has 1 aliphatic rings. The van der Waals surface area contributed by atoms with Gasteiger partial charge in [-0.15, -0.1) is 11.3 Å². The molecule has 0 saturated carbocycles. The van der Waals surface area contributed by atoms with Gasteiger partial charge in [0.2, 0.25) is 0 Å². The minimum absolute atomic E-state index is 0.103. The van der Waals surface area contributed by atoms with Gasteiger partial charge in [-0.3, -0.25) is 4.79 Å². The zero-order chi connectivity index (χ0) is 15.9. The second-order valence-corrected chi connectivity index (χ2v) is 6.42. The second-order valence-electron chi connectivity index (χ2n) is 5.42. The first-order valence-electron chi connectivity index (χ1n) is 7.46. The molecule has 0 aromatic carbocycles. The van der Waals surface area contributed by atoms with Crippen LogP contribution in [0, 0.1) is 0 Å². The molecule has 2 aromatic rings. The Balaban J connectivity index is 2.35. The number of nitrogens with zero attached hydrogens (tertiary/aromatic N) is 1. The molecule has 0 spiro atoms. The van der Waals surface area contributed by atoms with Crippen LogP contribution in [0.25, 0.3) is 10.2 Å². The summed E-state index contributed by atoms with van der Waals surface area (Å²) in [6, 6.07) is 0. The fourth-order valence-corrected chi connectivity index (χ4v) is 4.02. The Bertz CT molecular complexity index is 780. The maximum atomic E-state index is 12.5. The lowest BCUT2D eigenvalue weighted by molar-refractivity contribution is 0.0527. The largest absolute Gasteiger partial charge is 0.462 e. The van der Waals surface area contributed by atoms with Crippen molar-refractivity contribution in [3.05, 3.63) is 21.7 Å². The van der Waals surface area contributed by atoms with Gasteiger partial charge in [0.25, 0.3) is 0 Å². The zero-order valence-corrected chi connectivity index (χ0v) is 13.5. The molecule has 0 aliphatic heterocycles. The highest BCUT2D eigenvalue weighted by Crippen LogP contribution is 2.39. The lowest BCUT2D eigenvalue weighted by Gasteiger charge is -2.18. The SMILES string of the molecule is CCOC(=O)c1c2c(nc3sc(C(C)=O)c(N)c13)CCCC2. The van der Waals surface area contributed by atoms with Crippen molar-refractivity contribution < 1.29 is 14.3 Å². The fraction of sp³-hybridized carbons (Fsp3) is 0.438. The Kier molecular flexibility index (Phi) is 3.87. The van der Waals surface area contributed by atoms with Crippen molar-refractivity contribution >= 4 is 39.0 Å². The first-order valence-corrected chi connectivity index (χ1v) is 8.28. The number of nitrogens with two attached hydrogens (primary N) is 1. The van der Waals surface area contributed by atoms with Gasteiger partial charge in [-0.2, -0.15) is 0 Å². The van der Waals surface area contributed by atoms with Gasteiger partial charge in [-0.25, -0.2) is 9.78 Å². The number of hydrogen-bond acceptors (Lipinski definition) is 6. The average molecular weight is 318 g/mol. The summed E-state index contributed by atoms with van der Waals surface area (Å²) in [5.74, 6) is -0.471. The number of carbonyl (C=O) groups excluding carboxylic acids is 2. The third-order valence-corrected chi connectivity index (χ3v) is 5.15. The normalized spacial score (nSPS) is 13.9. The fourth-order valence-electron chi connectivity index (χ4n) is 3.00. The number of fused-ring (bicyclic) bond motifs is 2. The van der Waals surface area contributed by atoms with Crippen molar-refractivity contribution in [3.8, 4) is 0 Å². The number of thiophene rings is 1. The molecule has 2 aromatic heterocycles. The van der Waals surface area contributed by atoms with Gasteiger partial charge in [0.15, 0.2) is 5.78 Å². The molecule has 0 radical (unpaired) electrons. The van der Waals surface area contributed by atoms with E-state index in [0.717, 1.165) is 36.9 Å². The van der Waals surface area contributed by atoms with Gasteiger partial charge in [-0.1, -0.05) is 0 Å². The summed E-state index contributed by atoms with van der Waals surface area (Å²) in [5, 5.41) is 0.592. The molecule has 6 heteroatoms. The number of Topliss-reactive ketones (excluding diaryl/α,β-unsaturated/α-hetero) is 1. The van der Waals surface area contributed by atoms with E-state index < -0.39 is 0 Å². The van der Waals surface area contributed by atoms with E-state index in [1.807, 2.05) is 0 Å². The van der Waals surface area contributed by atoms with Crippen LogP contribution in [0.2, 0.25) is 0 Å². The summed E-state index contributed by atoms with van der Waals surface area (Å²) in [4.78, 5) is 30.0. The van der Waals surface area contributed by atoms with Crippen LogP contribution >= 0.6 is 11.3 Å². The number of anilines is 1. The molecule has 2 N–H and O–H groups in total. The summed E-state index contributed by atoms with van der Waals surface area (Å²) in [6.07, 6.45) is 3.74. The Morgan fingerprint density at radius 2 is 2.05 bits per heavy atom. The lowest BCUT2D eigenvalue weighted by atomic mass is 9.90. The third-order valence-electron chi connectivity index (χ3n) is 3.95. The summed E-state index contributed by atoms with van der Waals surface area (Å²) in [6.45, 7) is 3.56. The van der Waals surface area contributed by atoms with Crippen molar-refractivity contribution in [3.63, 3.8) is 0 Å². The van der Waals surface area contributed by atoms with Crippen LogP contribution in [0.5, 0.6) is 0 Å². The molecule has 1 aliphatic carbocycles. The Morgan fingerprint density at radius 1 is 1.32 bits per heavy atom. The van der Waals surface area contributed by atoms with Gasteiger partial charge < -0.3 is 10.5 Å². The first kappa shape index (κ1) is 15.0. The van der Waals surface area contributed by atoms with Crippen molar-refractivity contribution in [2.24, 2.45) is 0 Å². The van der Waals surface area contributed by atoms with E-state index in [1.165, 1.54) is 18.3 Å². The molecule has 2 heterocycles. The van der Waals surface area contributed by atoms with E-state index in [0.29, 0.717) is 33.0 Å². The number of carbonyl (C=O) groups is 2. The smallest absolute Gasteiger partial charge is 0.339 e. The molecule has 0 amide bonds. The van der Waals surface area contributed by atoms with Gasteiger partial charge in [0.05, 0.1) is 22.7 Å². The molecule has 5 nitrogen and oxygen atoms in total. The number of ether oxygens (including phenoxy) is 1. The van der Waals surface area contributed by atoms with Gasteiger partial charge in [-0.05, 0) is 38.2 Å². The van der Waals surface area contributed by atoms with E-state index in [1.54, 1.807) is 6.92 Å². The van der Waals surface area contributed by atoms with Crippen LogP contribution in [-0.2, 0) is 17.6 Å². The van der Waals surface area contributed by atoms with Crippen LogP contribution in [0.1, 0.15) is 58.0 Å². The van der Waals surface area contributed by atoms with Crippen molar-refractivity contribution in [1.29, 1.82) is 0 Å². The predicted octanol–water partition coefficient (Wildman–Crippen LogP) is 3.14. The van der Waals surface area contributed by atoms with Crippen LogP contribution in [0.3, 0.4) is 0 Å². The Hall–Kier alpha value is -1.95. The summed E-state index contributed by atoms with van der Waals surface area (Å²) in [7, 11) is 0. The number of aromatic nitrogens is 1. The molecule has 0 fully saturated rings. The Morgan fingerprint density at radius 3 is 2.73 bits per heavy atom. The molecule has 0 bridgehead atoms. The third kappa shape index (κ3) is 2.27. The second kappa shape index (κ2) is 5.68. The highest BCUT2D eigenvalue weighted by Gasteiger charge is 2.27. The first-order chi connectivity index (χ1) is 10.5. The highest BCUT2D eigenvalue weighted by atomic mass is 32.1. The summed E-state index contributed by atoms with van der Waals surface area (Å²) < 4.78 is 5.22. The van der Waals surface area contributed by atoms with Crippen molar-refractivity contribution in [1.82, 2.24) is 4.98 Å². The predicted molar refractivity (Wildman–Crippen MR) is 86.6 cm³/mol. The molecule has 0 atom stereocenters. The van der Waals surface area contributed by atoms with E-state index >= 15 is 0 Å². The number of nitrogen functional groups attached to an aromatic ring is 1. The number of aryl methyl sites for hydroxylation is 1. The molecule has 0 saturated heterocycles. The van der Waals surface area contributed by atoms with Crippen LogP contribution in [0.15, 0.2) is 0 Å². The number of rotatable bonds is 3. The molecule has 22 heavy (non-hydrogen) atoms. The number of hydrogen-bond donors (Lipinski definition) is 1. The lowest BCUT2D eigenvalue weighted by Crippen LogP contribution is -2.15. The number of ketones is 1. The van der Waals surface area contributed by atoms with Crippen LogP contribution in [-0.4, -0.2) is 23.3 Å². The minimum Gasteiger partial charge on any atom is -0.462 e. The van der Waals surface area contributed by atoms with E-state index in [2.05, 4.69) is 4.98 Å². The molecular formula is C16H18N2O3S. The van der Waals surface area contributed by atoms with Gasteiger partial charge in [0.1, 0.15) is 4.83 Å². The number of esters is 1. The van der Waals surface area contributed by atoms with Crippen LogP contribution < -0.4 is 5.73 Å². The van der Waals surface area contributed by atoms with E-state index in [-0.39, 0.29) is 11.8 Å². The molecule has 3 rings (SSSR count). The van der Waals surface area contributed by atoms with Crippen molar-refractivity contribution in [2.45, 2.75) is 39.5 Å². The van der Waals surface area contributed by atoms with Gasteiger partial charge in [0, 0.05) is 18.0 Å².